The molecule has 0 aromatic carbocycles. The van der Waals surface area contributed by atoms with Gasteiger partial charge in [-0.2, -0.15) is 26.3 Å². The average Bonchev–Trinajstić information content (AvgIpc) is 2.76. The van der Waals surface area contributed by atoms with Crippen LogP contribution in [0.4, 0.5) is 26.3 Å². The van der Waals surface area contributed by atoms with Gasteiger partial charge in [-0.1, -0.05) is 65.6 Å². The van der Waals surface area contributed by atoms with Crippen molar-refractivity contribution in [2.45, 2.75) is 96.4 Å². The molecule has 0 aliphatic heterocycles. The van der Waals surface area contributed by atoms with Gasteiger partial charge in [0.2, 0.25) is 0 Å². The monoisotopic (exact) mass is 670 g/mol. The van der Waals surface area contributed by atoms with Crippen LogP contribution in [0.5, 0.6) is 0 Å². The minimum atomic E-state index is -5.11. The lowest BCUT2D eigenvalue weighted by Gasteiger charge is -2.40. The number of alkyl halides is 6. The highest BCUT2D eigenvalue weighted by molar-refractivity contribution is 7.54. The molecule has 0 amide bonds. The van der Waals surface area contributed by atoms with Gasteiger partial charge in [0.05, 0.1) is 12.7 Å². The number of ether oxygens (including phenoxy) is 1. The zero-order chi connectivity index (χ0) is 33.2. The molecule has 0 aromatic rings. The Morgan fingerprint density at radius 2 is 1.38 bits per heavy atom. The third-order valence-corrected chi connectivity index (χ3v) is 14.3. The standard InChI is InChI=1S/C26H45F6O7PSi2/c1-20(12-10-11-13-23(34)36-14-15-41(5,6)7)22(39-42(8,9)24(2,3)4)16-21(33)17-40(35,37-18-25(27,28)29)38-19-26(30,31)32/h10-13,20,22H,14-19H2,1-9H3/b12-10+,13-11+/t20-,22+/m1/s1. The molecule has 0 fully saturated rings. The van der Waals surface area contributed by atoms with Crippen molar-refractivity contribution in [2.75, 3.05) is 26.0 Å². The number of ketones is 1. The fourth-order valence-electron chi connectivity index (χ4n) is 2.87. The van der Waals surface area contributed by atoms with Crippen LogP contribution < -0.4 is 0 Å². The van der Waals surface area contributed by atoms with E-state index in [0.29, 0.717) is 6.61 Å². The molecule has 0 radical (unpaired) electrons. The van der Waals surface area contributed by atoms with E-state index < -0.39 is 85.9 Å². The quantitative estimate of drug-likeness (QED) is 0.0384. The first-order valence-corrected chi connectivity index (χ1v) is 21.7. The largest absolute Gasteiger partial charge is 0.463 e. The lowest BCUT2D eigenvalue weighted by Crippen LogP contribution is -2.46. The molecule has 42 heavy (non-hydrogen) atoms. The first-order chi connectivity index (χ1) is 18.6. The molecule has 246 valence electrons. The van der Waals surface area contributed by atoms with Crippen LogP contribution >= 0.6 is 7.60 Å². The molecule has 16 heteroatoms. The first-order valence-electron chi connectivity index (χ1n) is 13.4. The number of allylic oxidation sites excluding steroid dienone is 2. The van der Waals surface area contributed by atoms with Crippen molar-refractivity contribution in [1.82, 2.24) is 0 Å². The van der Waals surface area contributed by atoms with Gasteiger partial charge in [-0.15, -0.1) is 0 Å². The highest BCUT2D eigenvalue weighted by Crippen LogP contribution is 2.50. The molecule has 0 saturated carbocycles. The van der Waals surface area contributed by atoms with E-state index in [1.54, 1.807) is 19.1 Å². The van der Waals surface area contributed by atoms with E-state index in [1.165, 1.54) is 12.2 Å². The van der Waals surface area contributed by atoms with Crippen LogP contribution in [0.15, 0.2) is 24.3 Å². The molecule has 0 heterocycles. The number of rotatable bonds is 17. The van der Waals surface area contributed by atoms with Crippen LogP contribution in [0.3, 0.4) is 0 Å². The van der Waals surface area contributed by atoms with Crippen molar-refractivity contribution >= 4 is 35.7 Å². The number of halogens is 6. The summed E-state index contributed by atoms with van der Waals surface area (Å²) in [4.78, 5) is 24.8. The Labute approximate surface area is 247 Å². The Balaban J connectivity index is 5.76. The smallest absolute Gasteiger partial charge is 0.412 e. The van der Waals surface area contributed by atoms with Crippen molar-refractivity contribution in [3.05, 3.63) is 24.3 Å². The van der Waals surface area contributed by atoms with Gasteiger partial charge in [0.25, 0.3) is 0 Å². The van der Waals surface area contributed by atoms with Gasteiger partial charge in [-0.25, -0.2) is 4.79 Å². The molecule has 2 atom stereocenters. The van der Waals surface area contributed by atoms with Crippen LogP contribution in [0.2, 0.25) is 43.8 Å². The molecule has 0 unspecified atom stereocenters. The van der Waals surface area contributed by atoms with Crippen LogP contribution in [-0.4, -0.2) is 72.6 Å². The van der Waals surface area contributed by atoms with Gasteiger partial charge in [0.15, 0.2) is 21.5 Å². The molecule has 0 aliphatic carbocycles. The lowest BCUT2D eigenvalue weighted by molar-refractivity contribution is -0.165. The summed E-state index contributed by atoms with van der Waals surface area (Å²) in [7, 11) is -9.01. The van der Waals surface area contributed by atoms with E-state index in [4.69, 9.17) is 9.16 Å². The second-order valence-corrected chi connectivity index (χ2v) is 25.2. The molecule has 0 saturated heterocycles. The summed E-state index contributed by atoms with van der Waals surface area (Å²) in [5.41, 5.74) is 0. The average molecular weight is 671 g/mol. The summed E-state index contributed by atoms with van der Waals surface area (Å²) < 4.78 is 109. The number of Topliss-reactive ketones (excluding diaryl/α,β-unsaturated/α-hetero) is 1. The predicted molar refractivity (Wildman–Crippen MR) is 155 cm³/mol. The Bertz CT molecular complexity index is 962. The molecule has 0 spiro atoms. The van der Waals surface area contributed by atoms with Gasteiger partial charge in [-0.05, 0) is 30.1 Å². The second-order valence-electron chi connectivity index (χ2n) is 12.8. The fraction of sp³-hybridized carbons (Fsp3) is 0.769. The maximum atomic E-state index is 12.9. The summed E-state index contributed by atoms with van der Waals surface area (Å²) in [6, 6.07) is 0.815. The minimum Gasteiger partial charge on any atom is -0.463 e. The minimum absolute atomic E-state index is 0.307. The number of carbonyl (C=O) groups is 2. The molecule has 0 bridgehead atoms. The number of esters is 1. The topological polar surface area (TPSA) is 88.1 Å². The third kappa shape index (κ3) is 19.1. The van der Waals surface area contributed by atoms with Crippen molar-refractivity contribution in [3.8, 4) is 0 Å². The Kier molecular flexibility index (Phi) is 15.7. The molecule has 0 aliphatic rings. The zero-order valence-electron chi connectivity index (χ0n) is 25.8. The van der Waals surface area contributed by atoms with E-state index >= 15 is 0 Å². The van der Waals surface area contributed by atoms with Crippen molar-refractivity contribution in [3.63, 3.8) is 0 Å². The summed E-state index contributed by atoms with van der Waals surface area (Å²) in [6.07, 6.45) is -6.81. The van der Waals surface area contributed by atoms with E-state index in [1.807, 2.05) is 33.9 Å². The molecule has 0 aromatic heterocycles. The van der Waals surface area contributed by atoms with Crippen LogP contribution in [-0.2, 0) is 32.4 Å². The van der Waals surface area contributed by atoms with E-state index in [2.05, 4.69) is 28.7 Å². The fourth-order valence-corrected chi connectivity index (χ4v) is 6.50. The van der Waals surface area contributed by atoms with E-state index in [-0.39, 0.29) is 5.04 Å². The van der Waals surface area contributed by atoms with Gasteiger partial charge in [-0.3, -0.25) is 18.4 Å². The highest BCUT2D eigenvalue weighted by atomic mass is 31.2. The first kappa shape index (κ1) is 40.7. The molecule has 0 N–H and O–H groups in total. The van der Waals surface area contributed by atoms with Gasteiger partial charge >= 0.3 is 25.9 Å². The Morgan fingerprint density at radius 3 is 1.81 bits per heavy atom. The van der Waals surface area contributed by atoms with Gasteiger partial charge < -0.3 is 9.16 Å². The van der Waals surface area contributed by atoms with Crippen molar-refractivity contribution in [2.24, 2.45) is 5.92 Å². The maximum Gasteiger partial charge on any atom is 0.412 e. The lowest BCUT2D eigenvalue weighted by atomic mass is 10.00. The summed E-state index contributed by atoms with van der Waals surface area (Å²) in [5.74, 6) is -1.97. The number of hydrogen-bond donors (Lipinski definition) is 0. The highest BCUT2D eigenvalue weighted by Gasteiger charge is 2.42. The second kappa shape index (κ2) is 16.2. The van der Waals surface area contributed by atoms with Crippen LogP contribution in [0.25, 0.3) is 0 Å². The normalized spacial score (nSPS) is 15.8. The van der Waals surface area contributed by atoms with Crippen LogP contribution in [0, 0.1) is 5.92 Å². The molecular weight excluding hydrogens is 625 g/mol. The Morgan fingerprint density at radius 1 is 0.881 bits per heavy atom. The predicted octanol–water partition coefficient (Wildman–Crippen LogP) is 8.32. The SMILES string of the molecule is C[C@H](/C=C/C=C/C(=O)OCC[Si](C)(C)C)[C@H](CC(=O)CP(=O)(OCC(F)(F)F)OCC(F)(F)F)O[Si](C)(C)C(C)(C)C. The summed E-state index contributed by atoms with van der Waals surface area (Å²) in [5, 5.41) is -0.307. The third-order valence-electron chi connectivity index (χ3n) is 6.34. The molecule has 7 nitrogen and oxygen atoms in total. The molecular formula is C26H45F6O7PSi2. The number of carbonyl (C=O) groups excluding carboxylic acids is 2. The molecule has 0 rings (SSSR count). The van der Waals surface area contributed by atoms with Gasteiger partial charge in [0, 0.05) is 20.6 Å². The summed E-state index contributed by atoms with van der Waals surface area (Å²) in [6.45, 7) is 13.8. The zero-order valence-corrected chi connectivity index (χ0v) is 28.7. The van der Waals surface area contributed by atoms with Crippen molar-refractivity contribution < 1.29 is 58.7 Å². The van der Waals surface area contributed by atoms with Crippen LogP contribution in [0.1, 0.15) is 34.1 Å². The van der Waals surface area contributed by atoms with E-state index in [0.717, 1.165) is 6.04 Å². The van der Waals surface area contributed by atoms with Gasteiger partial charge in [0.1, 0.15) is 11.9 Å². The maximum absolute atomic E-state index is 12.9. The summed E-state index contributed by atoms with van der Waals surface area (Å²) >= 11 is 0. The van der Waals surface area contributed by atoms with E-state index in [9.17, 15) is 40.5 Å². The Hall–Kier alpha value is -1.26. The van der Waals surface area contributed by atoms with Crippen molar-refractivity contribution in [1.29, 1.82) is 0 Å². The number of hydrogen-bond acceptors (Lipinski definition) is 7.